The van der Waals surface area contributed by atoms with E-state index >= 15 is 0 Å². The van der Waals surface area contributed by atoms with Gasteiger partial charge in [0.1, 0.15) is 0 Å². The zero-order chi connectivity index (χ0) is 16.0. The molecular weight excluding hydrogens is 336 g/mol. The van der Waals surface area contributed by atoms with Gasteiger partial charge in [0.05, 0.1) is 15.2 Å². The molecule has 23 heavy (non-hydrogen) atoms. The summed E-state index contributed by atoms with van der Waals surface area (Å²) in [6.07, 6.45) is 0. The quantitative estimate of drug-likeness (QED) is 0.754. The number of aromatic nitrogens is 1. The average Bonchev–Trinajstić information content (AvgIpc) is 3.14. The maximum absolute atomic E-state index is 12.4. The third-order valence-electron chi connectivity index (χ3n) is 3.53. The molecule has 0 radical (unpaired) electrons. The average molecular weight is 347 g/mol. The molecular formula is C16H11ClN2O3S. The van der Waals surface area contributed by atoms with E-state index in [2.05, 4.69) is 10.3 Å². The maximum atomic E-state index is 12.4. The van der Waals surface area contributed by atoms with Crippen LogP contribution >= 0.6 is 22.9 Å². The van der Waals surface area contributed by atoms with Gasteiger partial charge < -0.3 is 9.47 Å². The van der Waals surface area contributed by atoms with Gasteiger partial charge in [0.25, 0.3) is 5.91 Å². The van der Waals surface area contributed by atoms with Crippen LogP contribution in [0.5, 0.6) is 11.5 Å². The number of rotatable bonds is 2. The number of para-hydroxylation sites is 1. The van der Waals surface area contributed by atoms with Crippen molar-refractivity contribution in [1.29, 1.82) is 0 Å². The predicted octanol–water partition coefficient (Wildman–Crippen LogP) is 4.24. The minimum Gasteiger partial charge on any atom is -0.454 e. The Kier molecular flexibility index (Phi) is 3.36. The molecule has 1 aliphatic rings. The van der Waals surface area contributed by atoms with Gasteiger partial charge in [0, 0.05) is 5.56 Å². The monoisotopic (exact) mass is 346 g/mol. The summed E-state index contributed by atoms with van der Waals surface area (Å²) in [5.41, 5.74) is 2.37. The fraction of sp³-hybridized carbons (Fsp3) is 0.125. The van der Waals surface area contributed by atoms with E-state index in [1.165, 1.54) is 11.3 Å². The minimum atomic E-state index is -0.290. The van der Waals surface area contributed by atoms with Gasteiger partial charge in [-0.3, -0.25) is 10.1 Å². The van der Waals surface area contributed by atoms with E-state index in [0.717, 1.165) is 15.8 Å². The van der Waals surface area contributed by atoms with Gasteiger partial charge in [-0.2, -0.15) is 0 Å². The van der Waals surface area contributed by atoms with Crippen LogP contribution in [-0.2, 0) is 0 Å². The molecule has 0 fully saturated rings. The van der Waals surface area contributed by atoms with Crippen molar-refractivity contribution in [2.75, 3.05) is 12.1 Å². The standard InChI is InChI=1S/C16H11ClN2O3S/c1-8-3-2-4-12-13(8)18-16(23-12)19-15(20)9-5-10(17)14-11(6-9)21-7-22-14/h2-6H,7H2,1H3,(H,18,19,20). The van der Waals surface area contributed by atoms with Gasteiger partial charge in [-0.05, 0) is 30.7 Å². The van der Waals surface area contributed by atoms with Crippen LogP contribution in [0.4, 0.5) is 5.13 Å². The van der Waals surface area contributed by atoms with E-state index in [-0.39, 0.29) is 12.7 Å². The Morgan fingerprint density at radius 1 is 1.35 bits per heavy atom. The van der Waals surface area contributed by atoms with E-state index in [9.17, 15) is 4.79 Å². The van der Waals surface area contributed by atoms with Gasteiger partial charge in [-0.15, -0.1) is 0 Å². The Hall–Kier alpha value is -2.31. The third-order valence-corrected chi connectivity index (χ3v) is 4.75. The zero-order valence-electron chi connectivity index (χ0n) is 12.1. The lowest BCUT2D eigenvalue weighted by Gasteiger charge is -2.04. The molecule has 1 N–H and O–H groups in total. The molecule has 7 heteroatoms. The van der Waals surface area contributed by atoms with E-state index in [4.69, 9.17) is 21.1 Å². The Morgan fingerprint density at radius 3 is 3.04 bits per heavy atom. The Bertz CT molecular complexity index is 938. The highest BCUT2D eigenvalue weighted by Gasteiger charge is 2.21. The molecule has 0 spiro atoms. The molecule has 0 atom stereocenters. The van der Waals surface area contributed by atoms with Crippen molar-refractivity contribution in [1.82, 2.24) is 4.98 Å². The molecule has 0 saturated heterocycles. The lowest BCUT2D eigenvalue weighted by atomic mass is 10.2. The van der Waals surface area contributed by atoms with Gasteiger partial charge in [0.15, 0.2) is 16.6 Å². The third kappa shape index (κ3) is 2.50. The van der Waals surface area contributed by atoms with Crippen LogP contribution in [0.2, 0.25) is 5.02 Å². The summed E-state index contributed by atoms with van der Waals surface area (Å²) in [7, 11) is 0. The second-order valence-electron chi connectivity index (χ2n) is 5.09. The molecule has 1 amide bonds. The summed E-state index contributed by atoms with van der Waals surface area (Å²) < 4.78 is 11.6. The first kappa shape index (κ1) is 14.3. The van der Waals surface area contributed by atoms with Crippen LogP contribution in [-0.4, -0.2) is 17.7 Å². The Balaban J connectivity index is 1.64. The highest BCUT2D eigenvalue weighted by atomic mass is 35.5. The van der Waals surface area contributed by atoms with Crippen LogP contribution in [0.1, 0.15) is 15.9 Å². The van der Waals surface area contributed by atoms with Gasteiger partial charge in [-0.1, -0.05) is 35.1 Å². The Morgan fingerprint density at radius 2 is 2.22 bits per heavy atom. The number of ether oxygens (including phenoxy) is 2. The normalized spacial score (nSPS) is 12.6. The second-order valence-corrected chi connectivity index (χ2v) is 6.52. The number of nitrogens with one attached hydrogen (secondary N) is 1. The first-order chi connectivity index (χ1) is 11.1. The molecule has 4 rings (SSSR count). The van der Waals surface area contributed by atoms with Gasteiger partial charge in [-0.25, -0.2) is 4.98 Å². The van der Waals surface area contributed by atoms with Crippen LogP contribution in [0, 0.1) is 6.92 Å². The first-order valence-corrected chi connectivity index (χ1v) is 8.08. The molecule has 0 bridgehead atoms. The number of amides is 1. The van der Waals surface area contributed by atoms with E-state index in [1.54, 1.807) is 12.1 Å². The van der Waals surface area contributed by atoms with Crippen LogP contribution in [0.15, 0.2) is 30.3 Å². The second kappa shape index (κ2) is 5.40. The summed E-state index contributed by atoms with van der Waals surface area (Å²) in [4.78, 5) is 16.9. The molecule has 0 unspecified atom stereocenters. The van der Waals surface area contributed by atoms with Gasteiger partial charge >= 0.3 is 0 Å². The molecule has 0 saturated carbocycles. The Labute approximate surface area is 140 Å². The molecule has 5 nitrogen and oxygen atoms in total. The SMILES string of the molecule is Cc1cccc2sc(NC(=O)c3cc(Cl)c4c(c3)OCO4)nc12. The predicted molar refractivity (Wildman–Crippen MR) is 89.9 cm³/mol. The summed E-state index contributed by atoms with van der Waals surface area (Å²) in [6, 6.07) is 9.11. The number of hydrogen-bond donors (Lipinski definition) is 1. The van der Waals surface area contributed by atoms with Crippen molar-refractivity contribution in [3.63, 3.8) is 0 Å². The first-order valence-electron chi connectivity index (χ1n) is 6.88. The van der Waals surface area contributed by atoms with Crippen molar-refractivity contribution in [3.05, 3.63) is 46.5 Å². The number of halogens is 1. The topological polar surface area (TPSA) is 60.5 Å². The largest absolute Gasteiger partial charge is 0.454 e. The molecule has 116 valence electrons. The lowest BCUT2D eigenvalue weighted by molar-refractivity contribution is 0.102. The van der Waals surface area contributed by atoms with Crippen LogP contribution in [0.3, 0.4) is 0 Å². The number of hydrogen-bond acceptors (Lipinski definition) is 5. The molecule has 2 heterocycles. The lowest BCUT2D eigenvalue weighted by Crippen LogP contribution is -2.11. The summed E-state index contributed by atoms with van der Waals surface area (Å²) in [5.74, 6) is 0.656. The van der Waals surface area contributed by atoms with Crippen molar-refractivity contribution >= 4 is 44.2 Å². The number of fused-ring (bicyclic) bond motifs is 2. The summed E-state index contributed by atoms with van der Waals surface area (Å²) in [6.45, 7) is 2.10. The molecule has 3 aromatic rings. The number of nitrogens with zero attached hydrogens (tertiary/aromatic N) is 1. The smallest absolute Gasteiger partial charge is 0.257 e. The molecule has 0 aliphatic carbocycles. The van der Waals surface area contributed by atoms with E-state index in [0.29, 0.717) is 27.2 Å². The number of carbonyl (C=O) groups is 1. The number of carbonyl (C=O) groups excluding carboxylic acids is 1. The number of benzene rings is 2. The van der Waals surface area contributed by atoms with E-state index in [1.807, 2.05) is 25.1 Å². The molecule has 1 aliphatic heterocycles. The van der Waals surface area contributed by atoms with Gasteiger partial charge in [0.2, 0.25) is 6.79 Å². The maximum Gasteiger partial charge on any atom is 0.257 e. The fourth-order valence-corrected chi connectivity index (χ4v) is 3.61. The van der Waals surface area contributed by atoms with E-state index < -0.39 is 0 Å². The summed E-state index contributed by atoms with van der Waals surface area (Å²) >= 11 is 7.54. The minimum absolute atomic E-state index is 0.108. The highest BCUT2D eigenvalue weighted by Crippen LogP contribution is 2.40. The van der Waals surface area contributed by atoms with Crippen LogP contribution in [0.25, 0.3) is 10.2 Å². The van der Waals surface area contributed by atoms with Crippen molar-refractivity contribution in [2.45, 2.75) is 6.92 Å². The number of aryl methyl sites for hydroxylation is 1. The van der Waals surface area contributed by atoms with Crippen molar-refractivity contribution < 1.29 is 14.3 Å². The van der Waals surface area contributed by atoms with Crippen molar-refractivity contribution in [2.24, 2.45) is 0 Å². The summed E-state index contributed by atoms with van der Waals surface area (Å²) in [5, 5.41) is 3.71. The fourth-order valence-electron chi connectivity index (χ4n) is 2.41. The number of anilines is 1. The number of thiazole rings is 1. The highest BCUT2D eigenvalue weighted by molar-refractivity contribution is 7.22. The molecule has 2 aromatic carbocycles. The zero-order valence-corrected chi connectivity index (χ0v) is 13.6. The van der Waals surface area contributed by atoms with Crippen LogP contribution < -0.4 is 14.8 Å². The van der Waals surface area contributed by atoms with Crippen molar-refractivity contribution in [3.8, 4) is 11.5 Å². The molecule has 1 aromatic heterocycles.